The molecule has 8 heteroatoms. The van der Waals surface area contributed by atoms with Crippen molar-refractivity contribution in [3.8, 4) is 0 Å². The van der Waals surface area contributed by atoms with Crippen molar-refractivity contribution in [3.05, 3.63) is 45.6 Å². The molecule has 1 aromatic heterocycles. The Balaban J connectivity index is 1.98. The smallest absolute Gasteiger partial charge is 0.251 e. The first-order valence-electron chi connectivity index (χ1n) is 6.37. The summed E-state index contributed by atoms with van der Waals surface area (Å²) < 4.78 is 4.84. The Hall–Kier alpha value is -2.05. The molecule has 6 nitrogen and oxygen atoms in total. The molecule has 0 unspecified atom stereocenters. The summed E-state index contributed by atoms with van der Waals surface area (Å²) in [6.45, 7) is 3.26. The molecule has 0 aliphatic carbocycles. The summed E-state index contributed by atoms with van der Waals surface area (Å²) >= 11 is 11.6. The minimum atomic E-state index is -0.765. The minimum Gasteiger partial charge on any atom is -0.360 e. The lowest BCUT2D eigenvalue weighted by Crippen LogP contribution is -2.41. The molecule has 0 saturated carbocycles. The fourth-order valence-electron chi connectivity index (χ4n) is 1.64. The summed E-state index contributed by atoms with van der Waals surface area (Å²) in [6.07, 6.45) is 0. The van der Waals surface area contributed by atoms with Gasteiger partial charge in [0, 0.05) is 11.6 Å². The molecule has 0 bridgehead atoms. The second-order valence-electron chi connectivity index (χ2n) is 4.64. The Bertz CT molecular complexity index is 715. The maximum Gasteiger partial charge on any atom is 0.251 e. The van der Waals surface area contributed by atoms with E-state index in [0.717, 1.165) is 0 Å². The molecule has 0 aliphatic rings. The lowest BCUT2D eigenvalue weighted by atomic mass is 10.2. The van der Waals surface area contributed by atoms with E-state index in [1.165, 1.54) is 18.2 Å². The molecule has 0 spiro atoms. The molecule has 0 aliphatic heterocycles. The first-order chi connectivity index (χ1) is 10.4. The normalized spacial score (nSPS) is 11.8. The molecule has 1 aromatic carbocycles. The topological polar surface area (TPSA) is 84.2 Å². The van der Waals surface area contributed by atoms with Crippen LogP contribution in [0.25, 0.3) is 0 Å². The van der Waals surface area contributed by atoms with Crippen LogP contribution in [-0.2, 0) is 4.79 Å². The number of benzene rings is 1. The van der Waals surface area contributed by atoms with Gasteiger partial charge in [-0.05, 0) is 32.0 Å². The molecule has 0 fully saturated rings. The molecule has 1 heterocycles. The molecule has 2 N–H and O–H groups in total. The Morgan fingerprint density at radius 2 is 1.95 bits per heavy atom. The zero-order chi connectivity index (χ0) is 16.3. The predicted octanol–water partition coefficient (Wildman–Crippen LogP) is 3.05. The fourth-order valence-corrected chi connectivity index (χ4v) is 1.94. The average molecular weight is 342 g/mol. The second kappa shape index (κ2) is 6.81. The van der Waals surface area contributed by atoms with Crippen molar-refractivity contribution in [3.63, 3.8) is 0 Å². The highest BCUT2D eigenvalue weighted by atomic mass is 35.5. The number of carbonyl (C=O) groups is 2. The van der Waals surface area contributed by atoms with Gasteiger partial charge in [-0.3, -0.25) is 9.59 Å². The summed E-state index contributed by atoms with van der Waals surface area (Å²) in [5, 5.41) is 9.36. The summed E-state index contributed by atoms with van der Waals surface area (Å²) in [4.78, 5) is 24.0. The maximum absolute atomic E-state index is 12.1. The van der Waals surface area contributed by atoms with Gasteiger partial charge in [0.15, 0.2) is 5.82 Å². The highest BCUT2D eigenvalue weighted by Gasteiger charge is 2.18. The van der Waals surface area contributed by atoms with E-state index in [1.54, 1.807) is 19.9 Å². The number of nitrogens with zero attached hydrogens (tertiary/aromatic N) is 1. The van der Waals surface area contributed by atoms with Crippen molar-refractivity contribution in [1.82, 2.24) is 10.5 Å². The molecule has 2 rings (SSSR count). The molecule has 0 radical (unpaired) electrons. The average Bonchev–Trinajstić information content (AvgIpc) is 2.86. The van der Waals surface area contributed by atoms with Gasteiger partial charge >= 0.3 is 0 Å². The molecule has 22 heavy (non-hydrogen) atoms. The van der Waals surface area contributed by atoms with Crippen molar-refractivity contribution in [2.45, 2.75) is 19.9 Å². The molecular weight excluding hydrogens is 329 g/mol. The van der Waals surface area contributed by atoms with Gasteiger partial charge in [0.2, 0.25) is 5.91 Å². The van der Waals surface area contributed by atoms with Crippen LogP contribution in [0.15, 0.2) is 28.8 Å². The minimum absolute atomic E-state index is 0.268. The van der Waals surface area contributed by atoms with Gasteiger partial charge in [-0.1, -0.05) is 28.4 Å². The van der Waals surface area contributed by atoms with E-state index >= 15 is 0 Å². The predicted molar refractivity (Wildman–Crippen MR) is 83.3 cm³/mol. The number of rotatable bonds is 4. The highest BCUT2D eigenvalue weighted by Crippen LogP contribution is 2.22. The molecule has 2 aromatic rings. The van der Waals surface area contributed by atoms with Crippen LogP contribution < -0.4 is 10.6 Å². The first kappa shape index (κ1) is 16.3. The van der Waals surface area contributed by atoms with Crippen molar-refractivity contribution < 1.29 is 14.1 Å². The first-order valence-corrected chi connectivity index (χ1v) is 7.12. The van der Waals surface area contributed by atoms with Crippen LogP contribution in [0, 0.1) is 6.92 Å². The third-order valence-corrected chi connectivity index (χ3v) is 3.54. The van der Waals surface area contributed by atoms with Crippen molar-refractivity contribution in [2.24, 2.45) is 0 Å². The van der Waals surface area contributed by atoms with Crippen LogP contribution in [0.3, 0.4) is 0 Å². The maximum atomic E-state index is 12.1. The summed E-state index contributed by atoms with van der Waals surface area (Å²) in [6, 6.07) is 5.28. The van der Waals surface area contributed by atoms with Gasteiger partial charge in [-0.15, -0.1) is 0 Å². The van der Waals surface area contributed by atoms with E-state index in [2.05, 4.69) is 15.8 Å². The lowest BCUT2D eigenvalue weighted by Gasteiger charge is -2.13. The highest BCUT2D eigenvalue weighted by molar-refractivity contribution is 6.42. The molecule has 1 atom stereocenters. The number of carbonyl (C=O) groups excluding carboxylic acids is 2. The van der Waals surface area contributed by atoms with E-state index in [9.17, 15) is 9.59 Å². The van der Waals surface area contributed by atoms with Crippen molar-refractivity contribution in [2.75, 3.05) is 5.32 Å². The number of hydrogen-bond acceptors (Lipinski definition) is 4. The lowest BCUT2D eigenvalue weighted by molar-refractivity contribution is -0.117. The molecule has 116 valence electrons. The Morgan fingerprint density at radius 3 is 2.55 bits per heavy atom. The van der Waals surface area contributed by atoms with E-state index in [1.807, 2.05) is 0 Å². The quantitative estimate of drug-likeness (QED) is 0.894. The van der Waals surface area contributed by atoms with Crippen molar-refractivity contribution >= 4 is 40.8 Å². The van der Waals surface area contributed by atoms with Crippen LogP contribution in [0.4, 0.5) is 5.82 Å². The molecule has 0 saturated heterocycles. The second-order valence-corrected chi connectivity index (χ2v) is 5.45. The molecule has 2 amide bonds. The number of amides is 2. The van der Waals surface area contributed by atoms with E-state index < -0.39 is 17.9 Å². The van der Waals surface area contributed by atoms with Gasteiger partial charge in [0.25, 0.3) is 5.91 Å². The van der Waals surface area contributed by atoms with Gasteiger partial charge in [0.05, 0.1) is 10.0 Å². The third-order valence-electron chi connectivity index (χ3n) is 2.80. The van der Waals surface area contributed by atoms with Gasteiger partial charge in [0.1, 0.15) is 11.8 Å². The van der Waals surface area contributed by atoms with Gasteiger partial charge in [-0.25, -0.2) is 0 Å². The van der Waals surface area contributed by atoms with E-state index in [0.29, 0.717) is 16.3 Å². The number of aryl methyl sites for hydroxylation is 1. The van der Waals surface area contributed by atoms with Gasteiger partial charge < -0.3 is 15.2 Å². The third kappa shape index (κ3) is 3.99. The number of nitrogens with one attached hydrogen (secondary N) is 2. The number of aromatic nitrogens is 1. The number of halogens is 2. The Morgan fingerprint density at radius 1 is 1.23 bits per heavy atom. The summed E-state index contributed by atoms with van der Waals surface area (Å²) in [5.41, 5.74) is 0.311. The monoisotopic (exact) mass is 341 g/mol. The summed E-state index contributed by atoms with van der Waals surface area (Å²) in [7, 11) is 0. The fraction of sp³-hybridized carbons (Fsp3) is 0.214. The van der Waals surface area contributed by atoms with Crippen molar-refractivity contribution in [1.29, 1.82) is 0 Å². The zero-order valence-electron chi connectivity index (χ0n) is 11.8. The van der Waals surface area contributed by atoms with E-state index in [4.69, 9.17) is 27.7 Å². The molecular formula is C14H13Cl2N3O3. The van der Waals surface area contributed by atoms with E-state index in [-0.39, 0.29) is 10.8 Å². The zero-order valence-corrected chi connectivity index (χ0v) is 13.3. The Labute approximate surface area is 136 Å². The number of anilines is 1. The van der Waals surface area contributed by atoms with Gasteiger partial charge in [-0.2, -0.15) is 0 Å². The SMILES string of the molecule is Cc1cc(NC(=O)[C@H](C)NC(=O)c2ccc(Cl)c(Cl)c2)no1. The van der Waals surface area contributed by atoms with Crippen LogP contribution >= 0.6 is 23.2 Å². The van der Waals surface area contributed by atoms with Crippen LogP contribution in [0.5, 0.6) is 0 Å². The van der Waals surface area contributed by atoms with Crippen LogP contribution in [0.2, 0.25) is 10.0 Å². The Kier molecular flexibility index (Phi) is 5.05. The van der Waals surface area contributed by atoms with Crippen LogP contribution in [-0.4, -0.2) is 23.0 Å². The standard InChI is InChI=1S/C14H13Cl2N3O3/c1-7-5-12(19-22-7)18-13(20)8(2)17-14(21)9-3-4-10(15)11(16)6-9/h3-6,8H,1-2H3,(H,17,21)(H,18,19,20)/t8-/m0/s1. The summed E-state index contributed by atoms with van der Waals surface area (Å²) in [5.74, 6) is 0.0141. The largest absolute Gasteiger partial charge is 0.360 e. The van der Waals surface area contributed by atoms with Crippen LogP contribution in [0.1, 0.15) is 23.0 Å². The number of hydrogen-bond donors (Lipinski definition) is 2.